The summed E-state index contributed by atoms with van der Waals surface area (Å²) >= 11 is 0. The van der Waals surface area contributed by atoms with E-state index in [0.29, 0.717) is 67.7 Å². The van der Waals surface area contributed by atoms with Crippen LogP contribution in [-0.2, 0) is 31.1 Å². The molecule has 4 aromatic carbocycles. The van der Waals surface area contributed by atoms with E-state index in [0.717, 1.165) is 27.8 Å². The Kier molecular flexibility index (Phi) is 9.37. The molecule has 2 atom stereocenters. The van der Waals surface area contributed by atoms with Crippen molar-refractivity contribution in [3.8, 4) is 28.0 Å². The third-order valence-corrected chi connectivity index (χ3v) is 11.7. The van der Waals surface area contributed by atoms with Gasteiger partial charge in [-0.15, -0.1) is 0 Å². The van der Waals surface area contributed by atoms with Gasteiger partial charge in [-0.05, 0) is 40.8 Å². The number of hydroxylamine groups is 1. The Hall–Kier alpha value is -4.37. The molecule has 0 saturated carbocycles. The molecule has 0 amide bonds. The number of oxazole rings is 1. The lowest BCUT2D eigenvalue weighted by Gasteiger charge is -2.32. The largest absolute Gasteiger partial charge is 0.748 e. The average molecular weight is 717 g/mol. The highest BCUT2D eigenvalue weighted by Crippen LogP contribution is 2.53. The molecule has 1 fully saturated rings. The van der Waals surface area contributed by atoms with Gasteiger partial charge in [0.15, 0.2) is 24.1 Å². The number of ether oxygens (including phenoxy) is 1. The Balaban J connectivity index is 1.38. The Labute approximate surface area is 291 Å². The Morgan fingerprint density at radius 1 is 0.900 bits per heavy atom. The van der Waals surface area contributed by atoms with Crippen LogP contribution < -0.4 is 19.3 Å². The number of aryl methyl sites for hydroxylation is 1. The van der Waals surface area contributed by atoms with Gasteiger partial charge in [-0.1, -0.05) is 79.7 Å². The minimum absolute atomic E-state index is 0.121. The first-order valence-electron chi connectivity index (χ1n) is 16.7. The maximum atomic E-state index is 13.9. The van der Waals surface area contributed by atoms with Gasteiger partial charge in [0.25, 0.3) is 5.52 Å². The van der Waals surface area contributed by atoms with Crippen molar-refractivity contribution in [3.05, 3.63) is 109 Å². The highest BCUT2D eigenvalue weighted by molar-refractivity contribution is 7.87. The fraction of sp³-hybridized carbons (Fsp3) is 0.270. The van der Waals surface area contributed by atoms with Crippen molar-refractivity contribution < 1.29 is 39.4 Å². The lowest BCUT2D eigenvalue weighted by atomic mass is 10.0. The number of hydrogen-bond acceptors (Lipinski definition) is 9. The van der Waals surface area contributed by atoms with Crippen LogP contribution in [0.4, 0.5) is 5.69 Å². The van der Waals surface area contributed by atoms with Crippen LogP contribution in [0.1, 0.15) is 38.5 Å². The third kappa shape index (κ3) is 6.60. The molecule has 50 heavy (non-hydrogen) atoms. The Bertz CT molecular complexity index is 2270. The lowest BCUT2D eigenvalue weighted by Crippen LogP contribution is -2.55. The smallest absolute Gasteiger partial charge is 0.383 e. The molecule has 1 N–H and O–H groups in total. The van der Waals surface area contributed by atoms with E-state index in [1.807, 2.05) is 102 Å². The number of nitrogens with one attached hydrogen (secondary N) is 1. The topological polar surface area (TPSA) is 139 Å². The van der Waals surface area contributed by atoms with Gasteiger partial charge in [0.2, 0.25) is 11.0 Å². The Morgan fingerprint density at radius 2 is 1.58 bits per heavy atom. The second-order valence-corrected chi connectivity index (χ2v) is 15.7. The highest BCUT2D eigenvalue weighted by atomic mass is 32.2. The molecule has 0 bridgehead atoms. The van der Waals surface area contributed by atoms with E-state index in [1.165, 1.54) is 0 Å². The fourth-order valence-corrected chi connectivity index (χ4v) is 9.23. The molecule has 0 radical (unpaired) electrons. The first-order chi connectivity index (χ1) is 24.1. The molecular formula is C37H38N3O8S2+. The minimum atomic E-state index is -4.37. The van der Waals surface area contributed by atoms with Gasteiger partial charge in [0, 0.05) is 43.7 Å². The van der Waals surface area contributed by atoms with Gasteiger partial charge in [-0.25, -0.2) is 12.9 Å². The zero-order chi connectivity index (χ0) is 34.9. The maximum absolute atomic E-state index is 13.9. The number of fused-ring (bicyclic) bond motifs is 3. The number of aromatic nitrogens is 1. The second kappa shape index (κ2) is 13.7. The van der Waals surface area contributed by atoms with E-state index in [9.17, 15) is 21.4 Å². The molecule has 1 aromatic heterocycles. The van der Waals surface area contributed by atoms with Crippen molar-refractivity contribution in [2.45, 2.75) is 44.5 Å². The number of hydrogen-bond donors (Lipinski definition) is 1. The summed E-state index contributed by atoms with van der Waals surface area (Å²) < 4.78 is 82.0. The molecule has 260 valence electrons. The predicted molar refractivity (Wildman–Crippen MR) is 189 cm³/mol. The van der Waals surface area contributed by atoms with Crippen LogP contribution in [0.5, 0.6) is 5.75 Å². The fourth-order valence-electron chi connectivity index (χ4n) is 7.06. The first kappa shape index (κ1) is 34.1. The minimum Gasteiger partial charge on any atom is -0.748 e. The van der Waals surface area contributed by atoms with Crippen molar-refractivity contribution in [1.82, 2.24) is 9.96 Å². The summed E-state index contributed by atoms with van der Waals surface area (Å²) in [6, 6.07) is 31.4. The van der Waals surface area contributed by atoms with Gasteiger partial charge in [0.1, 0.15) is 0 Å². The number of unbranched alkanes of at least 4 members (excludes halogenated alkanes) is 1. The summed E-state index contributed by atoms with van der Waals surface area (Å²) in [6.07, 6.45) is 3.25. The van der Waals surface area contributed by atoms with E-state index in [4.69, 9.17) is 13.4 Å². The SMILES string of the molecule is CCNOS(=O)(=O)C1CCC[N+]12C(=Cc1oc3ccc(-c4ccccc4)cc3[n+]1CCCCS(=O)(=O)[O-])Oc1ccc(-c3ccccc3)cc12. The molecule has 13 heteroatoms. The average Bonchev–Trinajstić information content (AvgIpc) is 3.80. The molecular weight excluding hydrogens is 679 g/mol. The molecule has 2 unspecified atom stereocenters. The molecule has 2 aliphatic heterocycles. The van der Waals surface area contributed by atoms with E-state index < -0.39 is 31.4 Å². The van der Waals surface area contributed by atoms with E-state index in [-0.39, 0.29) is 10.9 Å². The van der Waals surface area contributed by atoms with Crippen molar-refractivity contribution in [2.75, 3.05) is 18.8 Å². The summed E-state index contributed by atoms with van der Waals surface area (Å²) in [6.45, 7) is 2.85. The van der Waals surface area contributed by atoms with Crippen LogP contribution in [0.2, 0.25) is 0 Å². The lowest BCUT2D eigenvalue weighted by molar-refractivity contribution is -0.678. The van der Waals surface area contributed by atoms with Crippen molar-refractivity contribution >= 4 is 43.1 Å². The van der Waals surface area contributed by atoms with Crippen LogP contribution >= 0.6 is 0 Å². The van der Waals surface area contributed by atoms with Gasteiger partial charge in [0.05, 0.1) is 16.7 Å². The highest BCUT2D eigenvalue weighted by Gasteiger charge is 2.60. The summed E-state index contributed by atoms with van der Waals surface area (Å²) in [5.74, 6) is 0.836. The van der Waals surface area contributed by atoms with E-state index in [2.05, 4.69) is 5.48 Å². The maximum Gasteiger partial charge on any atom is 0.383 e. The molecule has 7 rings (SSSR count). The molecule has 11 nitrogen and oxygen atoms in total. The molecule has 1 spiro atoms. The van der Waals surface area contributed by atoms with Crippen molar-refractivity contribution in [1.29, 1.82) is 0 Å². The van der Waals surface area contributed by atoms with Crippen molar-refractivity contribution in [3.63, 3.8) is 0 Å². The summed E-state index contributed by atoms with van der Waals surface area (Å²) in [4.78, 5) is 0. The third-order valence-electron chi connectivity index (χ3n) is 9.32. The van der Waals surface area contributed by atoms with Gasteiger partial charge >= 0.3 is 21.9 Å². The van der Waals surface area contributed by atoms with Crippen LogP contribution in [-0.4, -0.2) is 45.6 Å². The van der Waals surface area contributed by atoms with Gasteiger partial charge in [-0.2, -0.15) is 22.7 Å². The zero-order valence-electron chi connectivity index (χ0n) is 27.5. The number of quaternary nitrogens is 1. The number of benzene rings is 4. The second-order valence-electron chi connectivity index (χ2n) is 12.5. The van der Waals surface area contributed by atoms with Gasteiger partial charge in [-0.3, -0.25) is 0 Å². The summed E-state index contributed by atoms with van der Waals surface area (Å²) in [5, 5.41) is -1.01. The predicted octanol–water partition coefficient (Wildman–Crippen LogP) is 6.07. The standard InChI is InChI=1S/C37H38N3O8S2/c1-2-38-48-50(44,45)37-16-11-22-40(37)32-25-30(28-14-7-4-8-15-28)18-20-34(32)47-36(40)26-35-39(21-9-10-23-49(41,42)43)31-24-29(17-19-33(31)46-35)27-12-5-3-6-13-27/h3-8,12-15,17-20,24-26,37-38H,2,9-11,16,21-23H2,1H3/q+1. The Morgan fingerprint density at radius 3 is 2.26 bits per heavy atom. The number of rotatable bonds is 12. The first-order valence-corrected chi connectivity index (χ1v) is 19.7. The molecule has 3 heterocycles. The van der Waals surface area contributed by atoms with Gasteiger partial charge < -0.3 is 13.7 Å². The molecule has 0 aliphatic carbocycles. The monoisotopic (exact) mass is 716 g/mol. The van der Waals surface area contributed by atoms with Crippen LogP contribution in [0, 0.1) is 0 Å². The van der Waals surface area contributed by atoms with Crippen LogP contribution in [0.25, 0.3) is 39.4 Å². The molecule has 1 saturated heterocycles. The molecule has 5 aromatic rings. The normalized spacial score (nSPS) is 19.7. The zero-order valence-corrected chi connectivity index (χ0v) is 29.2. The van der Waals surface area contributed by atoms with E-state index in [1.54, 1.807) is 13.0 Å². The van der Waals surface area contributed by atoms with Crippen LogP contribution in [0.3, 0.4) is 0 Å². The van der Waals surface area contributed by atoms with Crippen molar-refractivity contribution in [2.24, 2.45) is 0 Å². The number of nitrogens with zero attached hydrogens (tertiary/aromatic N) is 2. The summed E-state index contributed by atoms with van der Waals surface area (Å²) in [5.41, 5.74) is 8.47. The van der Waals surface area contributed by atoms with Crippen LogP contribution in [0.15, 0.2) is 107 Å². The quantitative estimate of drug-likeness (QED) is 0.0536. The summed E-state index contributed by atoms with van der Waals surface area (Å²) in [7, 11) is -8.51. The van der Waals surface area contributed by atoms with E-state index >= 15 is 0 Å². The molecule has 2 aliphatic rings.